The summed E-state index contributed by atoms with van der Waals surface area (Å²) in [5, 5.41) is 2.91. The van der Waals surface area contributed by atoms with Gasteiger partial charge in [-0.2, -0.15) is 0 Å². The number of likely N-dealkylation sites (N-methyl/N-ethyl adjacent to an activating group) is 1. The minimum Gasteiger partial charge on any atom is -0.322 e. The molecule has 1 N–H and O–H groups in total. The summed E-state index contributed by atoms with van der Waals surface area (Å²) in [4.78, 5) is 14.0. The van der Waals surface area contributed by atoms with Crippen LogP contribution in [-0.2, 0) is 4.79 Å². The van der Waals surface area contributed by atoms with Crippen LogP contribution in [0.5, 0.6) is 0 Å². The summed E-state index contributed by atoms with van der Waals surface area (Å²) in [5.41, 5.74) is 1.73. The third-order valence-electron chi connectivity index (χ3n) is 2.59. The van der Waals surface area contributed by atoms with E-state index >= 15 is 0 Å². The summed E-state index contributed by atoms with van der Waals surface area (Å²) >= 11 is 3.45. The van der Waals surface area contributed by atoms with Crippen molar-refractivity contribution >= 4 is 27.5 Å². The van der Waals surface area contributed by atoms with Crippen molar-refractivity contribution in [2.24, 2.45) is 0 Å². The van der Waals surface area contributed by atoms with Gasteiger partial charge in [0.25, 0.3) is 0 Å². The van der Waals surface area contributed by atoms with E-state index in [1.54, 1.807) is 6.08 Å². The lowest BCUT2D eigenvalue weighted by molar-refractivity contribution is -0.115. The summed E-state index contributed by atoms with van der Waals surface area (Å²) < 4.78 is 0.976. The van der Waals surface area contributed by atoms with E-state index in [2.05, 4.69) is 21.2 Å². The van der Waals surface area contributed by atoms with Gasteiger partial charge in [0.1, 0.15) is 0 Å². The molecule has 0 fully saturated rings. The van der Waals surface area contributed by atoms with Gasteiger partial charge in [-0.1, -0.05) is 46.3 Å². The Balaban J connectivity index is 2.85. The maximum Gasteiger partial charge on any atom is 0.248 e. The highest BCUT2D eigenvalue weighted by atomic mass is 79.9. The lowest BCUT2D eigenvalue weighted by Gasteiger charge is -2.09. The molecule has 112 valence electrons. The molecule has 1 aromatic rings. The van der Waals surface area contributed by atoms with Crippen LogP contribution in [0, 0.1) is 0 Å². The predicted octanol–water partition coefficient (Wildman–Crippen LogP) is 3.60. The van der Waals surface area contributed by atoms with E-state index in [9.17, 15) is 4.79 Å². The molecule has 0 unspecified atom stereocenters. The third-order valence-corrected chi connectivity index (χ3v) is 3.08. The summed E-state index contributed by atoms with van der Waals surface area (Å²) in [6.45, 7) is 2.67. The van der Waals surface area contributed by atoms with E-state index in [4.69, 9.17) is 0 Å². The van der Waals surface area contributed by atoms with Crippen LogP contribution in [-0.4, -0.2) is 31.4 Å². The molecule has 0 aliphatic heterocycles. The van der Waals surface area contributed by atoms with Crippen molar-refractivity contribution in [2.75, 3.05) is 20.6 Å². The van der Waals surface area contributed by atoms with Crippen molar-refractivity contribution in [3.05, 3.63) is 64.7 Å². The Morgan fingerprint density at radius 1 is 1.38 bits per heavy atom. The first-order valence-electron chi connectivity index (χ1n) is 6.74. The molecule has 0 bridgehead atoms. The summed E-state index contributed by atoms with van der Waals surface area (Å²) in [6.07, 6.45) is 9.11. The van der Waals surface area contributed by atoms with Crippen LogP contribution >= 0.6 is 15.9 Å². The largest absolute Gasteiger partial charge is 0.322 e. The number of nitrogens with one attached hydrogen (secondary N) is 1. The SMILES string of the molecule is C/C=C/C=C(\NC(=O)/C=C/CN(C)C)c1cccc(Br)c1. The normalized spacial score (nSPS) is 12.5. The molecule has 0 saturated heterocycles. The van der Waals surface area contributed by atoms with E-state index in [1.807, 2.05) is 74.5 Å². The monoisotopic (exact) mass is 348 g/mol. The second-order valence-electron chi connectivity index (χ2n) is 4.77. The molecule has 0 aliphatic rings. The van der Waals surface area contributed by atoms with Gasteiger partial charge in [0.2, 0.25) is 5.91 Å². The highest BCUT2D eigenvalue weighted by Gasteiger charge is 2.04. The Morgan fingerprint density at radius 2 is 2.14 bits per heavy atom. The number of nitrogens with zero attached hydrogens (tertiary/aromatic N) is 1. The van der Waals surface area contributed by atoms with Crippen LogP contribution in [0.25, 0.3) is 5.70 Å². The molecule has 4 heteroatoms. The molecule has 1 amide bonds. The van der Waals surface area contributed by atoms with Crippen LogP contribution in [0.15, 0.2) is 59.1 Å². The Labute approximate surface area is 135 Å². The third kappa shape index (κ3) is 7.06. The Bertz CT molecular complexity index is 560. The number of rotatable bonds is 6. The molecule has 0 saturated carbocycles. The zero-order valence-electron chi connectivity index (χ0n) is 12.6. The first-order chi connectivity index (χ1) is 10.0. The minimum absolute atomic E-state index is 0.132. The van der Waals surface area contributed by atoms with E-state index in [0.717, 1.165) is 22.3 Å². The fourth-order valence-electron chi connectivity index (χ4n) is 1.60. The Kier molecular flexibility index (Phi) is 7.72. The first kappa shape index (κ1) is 17.4. The van der Waals surface area contributed by atoms with Crippen LogP contribution in [0.3, 0.4) is 0 Å². The maximum atomic E-state index is 12.0. The number of hydrogen-bond donors (Lipinski definition) is 1. The molecule has 0 atom stereocenters. The predicted molar refractivity (Wildman–Crippen MR) is 92.8 cm³/mol. The van der Waals surface area contributed by atoms with E-state index in [-0.39, 0.29) is 5.91 Å². The number of hydrogen-bond acceptors (Lipinski definition) is 2. The second-order valence-corrected chi connectivity index (χ2v) is 5.69. The Morgan fingerprint density at radius 3 is 2.76 bits per heavy atom. The summed E-state index contributed by atoms with van der Waals surface area (Å²) in [5.74, 6) is -0.132. The number of carbonyl (C=O) groups is 1. The van der Waals surface area contributed by atoms with E-state index < -0.39 is 0 Å². The molecule has 21 heavy (non-hydrogen) atoms. The average molecular weight is 349 g/mol. The molecule has 1 rings (SSSR count). The van der Waals surface area contributed by atoms with Gasteiger partial charge in [-0.25, -0.2) is 0 Å². The van der Waals surface area contributed by atoms with Gasteiger partial charge >= 0.3 is 0 Å². The Hall–Kier alpha value is -1.65. The van der Waals surface area contributed by atoms with Gasteiger partial charge in [-0.05, 0) is 44.8 Å². The van der Waals surface area contributed by atoms with E-state index in [0.29, 0.717) is 0 Å². The second kappa shape index (κ2) is 9.32. The minimum atomic E-state index is -0.132. The molecular formula is C17H21BrN2O. The molecule has 0 heterocycles. The first-order valence-corrected chi connectivity index (χ1v) is 7.53. The van der Waals surface area contributed by atoms with Crippen molar-refractivity contribution in [1.29, 1.82) is 0 Å². The molecule has 0 aromatic heterocycles. The lowest BCUT2D eigenvalue weighted by atomic mass is 10.1. The highest BCUT2D eigenvalue weighted by molar-refractivity contribution is 9.10. The zero-order valence-corrected chi connectivity index (χ0v) is 14.2. The highest BCUT2D eigenvalue weighted by Crippen LogP contribution is 2.17. The van der Waals surface area contributed by atoms with Crippen LogP contribution in [0.1, 0.15) is 12.5 Å². The lowest BCUT2D eigenvalue weighted by Crippen LogP contribution is -2.20. The number of allylic oxidation sites excluding steroid dienone is 3. The number of carbonyl (C=O) groups excluding carboxylic acids is 1. The number of halogens is 1. The van der Waals surface area contributed by atoms with Gasteiger partial charge in [-0.3, -0.25) is 4.79 Å². The van der Waals surface area contributed by atoms with Crippen molar-refractivity contribution in [2.45, 2.75) is 6.92 Å². The van der Waals surface area contributed by atoms with Crippen molar-refractivity contribution < 1.29 is 4.79 Å². The number of benzene rings is 1. The van der Waals surface area contributed by atoms with Crippen molar-refractivity contribution in [1.82, 2.24) is 10.2 Å². The fraction of sp³-hybridized carbons (Fsp3) is 0.235. The summed E-state index contributed by atoms with van der Waals surface area (Å²) in [7, 11) is 3.92. The maximum absolute atomic E-state index is 12.0. The topological polar surface area (TPSA) is 32.3 Å². The standard InChI is InChI=1S/C17H21BrN2O/c1-4-5-10-16(14-8-6-9-15(18)13-14)19-17(21)11-7-12-20(2)3/h4-11,13H,12H2,1-3H3,(H,19,21)/b5-4+,11-7+,16-10-. The van der Waals surface area contributed by atoms with Crippen LogP contribution in [0.2, 0.25) is 0 Å². The van der Waals surface area contributed by atoms with Crippen LogP contribution in [0.4, 0.5) is 0 Å². The molecule has 1 aromatic carbocycles. The van der Waals surface area contributed by atoms with Gasteiger partial charge in [0.05, 0.1) is 0 Å². The summed E-state index contributed by atoms with van der Waals surface area (Å²) in [6, 6.07) is 7.83. The number of amides is 1. The van der Waals surface area contributed by atoms with Gasteiger partial charge < -0.3 is 10.2 Å². The van der Waals surface area contributed by atoms with E-state index in [1.165, 1.54) is 0 Å². The van der Waals surface area contributed by atoms with Gasteiger partial charge in [0.15, 0.2) is 0 Å². The molecule has 0 aliphatic carbocycles. The molecular weight excluding hydrogens is 328 g/mol. The van der Waals surface area contributed by atoms with Crippen LogP contribution < -0.4 is 5.32 Å². The van der Waals surface area contributed by atoms with Crippen molar-refractivity contribution in [3.8, 4) is 0 Å². The average Bonchev–Trinajstić information content (AvgIpc) is 2.43. The van der Waals surface area contributed by atoms with Gasteiger partial charge in [-0.15, -0.1) is 0 Å². The van der Waals surface area contributed by atoms with Gasteiger partial charge in [0, 0.05) is 22.8 Å². The quantitative estimate of drug-likeness (QED) is 0.629. The fourth-order valence-corrected chi connectivity index (χ4v) is 2.00. The zero-order chi connectivity index (χ0) is 15.7. The molecule has 0 spiro atoms. The van der Waals surface area contributed by atoms with Crippen molar-refractivity contribution in [3.63, 3.8) is 0 Å². The molecule has 0 radical (unpaired) electrons. The molecule has 3 nitrogen and oxygen atoms in total. The smallest absolute Gasteiger partial charge is 0.248 e.